The van der Waals surface area contributed by atoms with Gasteiger partial charge in [0, 0.05) is 41.9 Å². The fourth-order valence-electron chi connectivity index (χ4n) is 3.88. The van der Waals surface area contributed by atoms with E-state index in [9.17, 15) is 8.42 Å². The molecule has 36 heavy (non-hydrogen) atoms. The van der Waals surface area contributed by atoms with Crippen LogP contribution >= 0.6 is 12.4 Å². The number of hydrogen-bond acceptors (Lipinski definition) is 6. The van der Waals surface area contributed by atoms with Crippen LogP contribution in [0.4, 0.5) is 11.4 Å². The summed E-state index contributed by atoms with van der Waals surface area (Å²) in [6.45, 7) is 0.543. The first-order chi connectivity index (χ1) is 17.0. The molecule has 0 amide bonds. The molecule has 2 heterocycles. The van der Waals surface area contributed by atoms with Crippen molar-refractivity contribution >= 4 is 44.7 Å². The molecule has 0 radical (unpaired) electrons. The molecule has 0 bridgehead atoms. The van der Waals surface area contributed by atoms with Crippen molar-refractivity contribution in [2.45, 2.75) is 11.4 Å². The molecule has 0 aliphatic heterocycles. The minimum Gasteiger partial charge on any atom is -0.457 e. The van der Waals surface area contributed by atoms with Gasteiger partial charge in [0.25, 0.3) is 10.0 Å². The maximum Gasteiger partial charge on any atom is 0.269 e. The van der Waals surface area contributed by atoms with Gasteiger partial charge < -0.3 is 15.4 Å². The van der Waals surface area contributed by atoms with Gasteiger partial charge in [-0.2, -0.15) is 0 Å². The van der Waals surface area contributed by atoms with Crippen LogP contribution in [0.3, 0.4) is 0 Å². The Morgan fingerprint density at radius 2 is 1.61 bits per heavy atom. The Morgan fingerprint density at radius 3 is 2.31 bits per heavy atom. The Labute approximate surface area is 216 Å². The van der Waals surface area contributed by atoms with E-state index in [1.54, 1.807) is 24.5 Å². The number of para-hydroxylation sites is 1. The average molecular weight is 521 g/mol. The standard InChI is InChI=1S/C27H24N4O3S.ClH/c1-28-17-20-19-31(35(32,33)25-8-5-15-29-18-25)27-16-22(11-14-26(20)27)30-21-9-12-24(13-10-21)34-23-6-3-2-4-7-23;/h2-16,18-19,28,30H,17H2,1H3;1H. The van der Waals surface area contributed by atoms with Gasteiger partial charge in [0.1, 0.15) is 16.4 Å². The molecule has 0 spiro atoms. The van der Waals surface area contributed by atoms with E-state index in [0.29, 0.717) is 12.1 Å². The van der Waals surface area contributed by atoms with Crippen LogP contribution in [0.25, 0.3) is 10.9 Å². The van der Waals surface area contributed by atoms with E-state index >= 15 is 0 Å². The van der Waals surface area contributed by atoms with Crippen molar-refractivity contribution in [1.82, 2.24) is 14.3 Å². The van der Waals surface area contributed by atoms with E-state index in [2.05, 4.69) is 15.6 Å². The van der Waals surface area contributed by atoms with E-state index in [-0.39, 0.29) is 17.3 Å². The van der Waals surface area contributed by atoms with Gasteiger partial charge in [-0.1, -0.05) is 24.3 Å². The van der Waals surface area contributed by atoms with Crippen molar-refractivity contribution < 1.29 is 13.2 Å². The topological polar surface area (TPSA) is 85.2 Å². The highest BCUT2D eigenvalue weighted by atomic mass is 35.5. The molecule has 184 valence electrons. The number of halogens is 1. The third kappa shape index (κ3) is 5.21. The first-order valence-corrected chi connectivity index (χ1v) is 12.5. The molecule has 0 aliphatic carbocycles. The van der Waals surface area contributed by atoms with Crippen molar-refractivity contribution in [2.75, 3.05) is 12.4 Å². The van der Waals surface area contributed by atoms with Crippen LogP contribution in [0.5, 0.6) is 11.5 Å². The second kappa shape index (κ2) is 10.8. The highest BCUT2D eigenvalue weighted by molar-refractivity contribution is 7.90. The zero-order valence-corrected chi connectivity index (χ0v) is 21.1. The number of aromatic nitrogens is 2. The van der Waals surface area contributed by atoms with Crippen LogP contribution in [-0.2, 0) is 16.6 Å². The summed E-state index contributed by atoms with van der Waals surface area (Å²) in [5.74, 6) is 1.50. The minimum atomic E-state index is -3.81. The summed E-state index contributed by atoms with van der Waals surface area (Å²) in [6.07, 6.45) is 4.58. The molecule has 5 aromatic rings. The molecule has 2 N–H and O–H groups in total. The average Bonchev–Trinajstić information content (AvgIpc) is 3.25. The maximum absolute atomic E-state index is 13.4. The Morgan fingerprint density at radius 1 is 0.889 bits per heavy atom. The third-order valence-corrected chi connectivity index (χ3v) is 7.19. The number of anilines is 2. The summed E-state index contributed by atoms with van der Waals surface area (Å²) < 4.78 is 34.0. The number of hydrogen-bond donors (Lipinski definition) is 2. The molecule has 7 nitrogen and oxygen atoms in total. The molecule has 0 aliphatic rings. The predicted octanol–water partition coefficient (Wildman–Crippen LogP) is 5.95. The summed E-state index contributed by atoms with van der Waals surface area (Å²) in [4.78, 5) is 4.12. The predicted molar refractivity (Wildman–Crippen MR) is 145 cm³/mol. The number of rotatable bonds is 8. The molecule has 5 rings (SSSR count). The van der Waals surface area contributed by atoms with Crippen LogP contribution < -0.4 is 15.4 Å². The van der Waals surface area contributed by atoms with Gasteiger partial charge in [-0.3, -0.25) is 4.98 Å². The van der Waals surface area contributed by atoms with Crippen molar-refractivity contribution in [3.63, 3.8) is 0 Å². The lowest BCUT2D eigenvalue weighted by Crippen LogP contribution is -2.12. The minimum absolute atomic E-state index is 0. The lowest BCUT2D eigenvalue weighted by atomic mass is 10.1. The van der Waals surface area contributed by atoms with Crippen LogP contribution in [0.1, 0.15) is 5.56 Å². The number of pyridine rings is 1. The molecule has 0 fully saturated rings. The molecule has 0 saturated heterocycles. The van der Waals surface area contributed by atoms with E-state index in [1.165, 1.54) is 10.2 Å². The fraction of sp³-hybridized carbons (Fsp3) is 0.0741. The SMILES string of the molecule is CNCc1cn(S(=O)(=O)c2cccnc2)c2cc(Nc3ccc(Oc4ccccc4)cc3)ccc12.Cl. The molecular weight excluding hydrogens is 496 g/mol. The van der Waals surface area contributed by atoms with Crippen LogP contribution in [0.2, 0.25) is 0 Å². The van der Waals surface area contributed by atoms with Gasteiger partial charge in [-0.05, 0) is 73.3 Å². The summed E-state index contributed by atoms with van der Waals surface area (Å²) in [6, 6.07) is 26.1. The van der Waals surface area contributed by atoms with Gasteiger partial charge in [0.05, 0.1) is 5.52 Å². The molecular formula is C27H25ClN4O3S. The lowest BCUT2D eigenvalue weighted by molar-refractivity contribution is 0.483. The number of fused-ring (bicyclic) bond motifs is 1. The summed E-state index contributed by atoms with van der Waals surface area (Å²) >= 11 is 0. The Hall–Kier alpha value is -3.85. The largest absolute Gasteiger partial charge is 0.457 e. The highest BCUT2D eigenvalue weighted by Crippen LogP contribution is 2.30. The molecule has 3 aromatic carbocycles. The van der Waals surface area contributed by atoms with Crippen LogP contribution in [0, 0.1) is 0 Å². The van der Waals surface area contributed by atoms with Gasteiger partial charge in [0.15, 0.2) is 0 Å². The monoisotopic (exact) mass is 520 g/mol. The molecule has 0 atom stereocenters. The Balaban J connectivity index is 0.00000304. The number of ether oxygens (including phenoxy) is 1. The number of benzene rings is 3. The molecule has 0 saturated carbocycles. The van der Waals surface area contributed by atoms with Gasteiger partial charge in [-0.25, -0.2) is 12.4 Å². The van der Waals surface area contributed by atoms with E-state index in [0.717, 1.165) is 33.8 Å². The lowest BCUT2D eigenvalue weighted by Gasteiger charge is -2.11. The smallest absolute Gasteiger partial charge is 0.269 e. The first-order valence-electron chi connectivity index (χ1n) is 11.1. The van der Waals surface area contributed by atoms with Gasteiger partial charge in [-0.15, -0.1) is 12.4 Å². The number of nitrogens with one attached hydrogen (secondary N) is 2. The van der Waals surface area contributed by atoms with Crippen LogP contribution in [-0.4, -0.2) is 24.4 Å². The summed E-state index contributed by atoms with van der Waals surface area (Å²) in [7, 11) is -1.97. The van der Waals surface area contributed by atoms with Gasteiger partial charge in [0.2, 0.25) is 0 Å². The second-order valence-corrected chi connectivity index (χ2v) is 9.79. The molecule has 2 aromatic heterocycles. The van der Waals surface area contributed by atoms with E-state index < -0.39 is 10.0 Å². The summed E-state index contributed by atoms with van der Waals surface area (Å²) in [5.41, 5.74) is 3.11. The Bertz CT molecular complexity index is 1560. The maximum atomic E-state index is 13.4. The van der Waals surface area contributed by atoms with Crippen molar-refractivity contribution in [3.8, 4) is 11.5 Å². The van der Waals surface area contributed by atoms with Gasteiger partial charge >= 0.3 is 0 Å². The quantitative estimate of drug-likeness (QED) is 0.263. The zero-order chi connectivity index (χ0) is 24.3. The van der Waals surface area contributed by atoms with Crippen molar-refractivity contribution in [3.05, 3.63) is 109 Å². The third-order valence-electron chi connectivity index (χ3n) is 5.53. The van der Waals surface area contributed by atoms with Crippen molar-refractivity contribution in [2.24, 2.45) is 0 Å². The fourth-order valence-corrected chi connectivity index (χ4v) is 5.23. The van der Waals surface area contributed by atoms with Crippen LogP contribution in [0.15, 0.2) is 108 Å². The normalized spacial score (nSPS) is 11.1. The zero-order valence-electron chi connectivity index (χ0n) is 19.5. The van der Waals surface area contributed by atoms with Crippen molar-refractivity contribution in [1.29, 1.82) is 0 Å². The highest BCUT2D eigenvalue weighted by Gasteiger charge is 2.21. The number of nitrogens with zero attached hydrogens (tertiary/aromatic N) is 2. The molecule has 0 unspecified atom stereocenters. The van der Waals surface area contributed by atoms with E-state index in [4.69, 9.17) is 4.74 Å². The first kappa shape index (κ1) is 25.2. The second-order valence-electron chi connectivity index (χ2n) is 7.97. The van der Waals surface area contributed by atoms with E-state index in [1.807, 2.05) is 79.8 Å². The molecule has 9 heteroatoms. The Kier molecular flexibility index (Phi) is 7.59. The summed E-state index contributed by atoms with van der Waals surface area (Å²) in [5, 5.41) is 7.33.